The Kier molecular flexibility index (Phi) is 6.48. The molecule has 0 unspecified atom stereocenters. The van der Waals surface area contributed by atoms with E-state index >= 15 is 0 Å². The maximum atomic E-state index is 12.8. The first-order valence-electron chi connectivity index (χ1n) is 9.74. The largest absolute Gasteiger partial charge is 0.497 e. The van der Waals surface area contributed by atoms with Crippen LogP contribution < -0.4 is 14.2 Å². The molecule has 0 N–H and O–H groups in total. The highest BCUT2D eigenvalue weighted by Crippen LogP contribution is 2.32. The third-order valence-electron chi connectivity index (χ3n) is 4.90. The molecule has 2 aromatic rings. The fraction of sp³-hybridized carbons (Fsp3) is 0.375. The Morgan fingerprint density at radius 1 is 0.833 bits per heavy atom. The molecule has 0 radical (unpaired) electrons. The summed E-state index contributed by atoms with van der Waals surface area (Å²) in [6.45, 7) is 5.87. The van der Waals surface area contributed by atoms with E-state index in [1.165, 1.54) is 0 Å². The zero-order valence-corrected chi connectivity index (χ0v) is 18.1. The standard InChI is InChI=1S/C24H28O6/c1-23(2)28-15-24(3,16-29-23)22(25)30-21-13-18(12-20(14-21)27-5)7-6-17-8-10-19(26-4)11-9-17/h6-14H,15-16H2,1-5H3. The van der Waals surface area contributed by atoms with E-state index in [1.807, 2.05) is 56.3 Å². The average molecular weight is 412 g/mol. The first-order chi connectivity index (χ1) is 14.2. The van der Waals surface area contributed by atoms with E-state index in [4.69, 9.17) is 23.7 Å². The van der Waals surface area contributed by atoms with Crippen LogP contribution in [0.5, 0.6) is 17.2 Å². The Morgan fingerprint density at radius 3 is 2.00 bits per heavy atom. The lowest BCUT2D eigenvalue weighted by molar-refractivity contribution is -0.279. The highest BCUT2D eigenvalue weighted by atomic mass is 16.7. The monoisotopic (exact) mass is 412 g/mol. The number of carbonyl (C=O) groups excluding carboxylic acids is 1. The molecule has 1 heterocycles. The summed E-state index contributed by atoms with van der Waals surface area (Å²) in [4.78, 5) is 12.8. The normalized spacial score (nSPS) is 17.5. The molecule has 1 saturated heterocycles. The van der Waals surface area contributed by atoms with Crippen molar-refractivity contribution in [2.75, 3.05) is 27.4 Å². The van der Waals surface area contributed by atoms with E-state index in [0.29, 0.717) is 11.5 Å². The minimum Gasteiger partial charge on any atom is -0.497 e. The average Bonchev–Trinajstić information content (AvgIpc) is 2.74. The predicted molar refractivity (Wildman–Crippen MR) is 115 cm³/mol. The number of hydrogen-bond donors (Lipinski definition) is 0. The number of ether oxygens (including phenoxy) is 5. The van der Waals surface area contributed by atoms with E-state index in [-0.39, 0.29) is 13.2 Å². The zero-order chi connectivity index (χ0) is 21.8. The molecule has 6 nitrogen and oxygen atoms in total. The van der Waals surface area contributed by atoms with Crippen LogP contribution in [0.1, 0.15) is 31.9 Å². The van der Waals surface area contributed by atoms with Gasteiger partial charge in [0.25, 0.3) is 0 Å². The van der Waals surface area contributed by atoms with Crippen LogP contribution in [-0.4, -0.2) is 39.2 Å². The van der Waals surface area contributed by atoms with Crippen LogP contribution in [0.25, 0.3) is 12.2 Å². The molecule has 0 saturated carbocycles. The van der Waals surface area contributed by atoms with Crippen LogP contribution >= 0.6 is 0 Å². The first-order valence-corrected chi connectivity index (χ1v) is 9.74. The molecule has 0 amide bonds. The van der Waals surface area contributed by atoms with Crippen molar-refractivity contribution in [3.63, 3.8) is 0 Å². The highest BCUT2D eigenvalue weighted by molar-refractivity contribution is 5.80. The van der Waals surface area contributed by atoms with Gasteiger partial charge < -0.3 is 23.7 Å². The smallest absolute Gasteiger partial charge is 0.321 e. The summed E-state index contributed by atoms with van der Waals surface area (Å²) < 4.78 is 27.5. The van der Waals surface area contributed by atoms with Crippen molar-refractivity contribution in [3.8, 4) is 17.2 Å². The molecule has 1 fully saturated rings. The molecule has 0 aliphatic carbocycles. The van der Waals surface area contributed by atoms with Gasteiger partial charge in [-0.2, -0.15) is 0 Å². The van der Waals surface area contributed by atoms with E-state index in [9.17, 15) is 4.79 Å². The fourth-order valence-corrected chi connectivity index (χ4v) is 2.87. The minimum atomic E-state index is -0.877. The lowest BCUT2D eigenvalue weighted by Crippen LogP contribution is -2.50. The summed E-state index contributed by atoms with van der Waals surface area (Å²) in [5, 5.41) is 0. The van der Waals surface area contributed by atoms with Gasteiger partial charge in [0.05, 0.1) is 27.4 Å². The molecular formula is C24H28O6. The van der Waals surface area contributed by atoms with Crippen LogP contribution in [0.3, 0.4) is 0 Å². The summed E-state index contributed by atoms with van der Waals surface area (Å²) in [6.07, 6.45) is 3.89. The fourth-order valence-electron chi connectivity index (χ4n) is 2.87. The van der Waals surface area contributed by atoms with Crippen LogP contribution in [-0.2, 0) is 14.3 Å². The third-order valence-corrected chi connectivity index (χ3v) is 4.90. The van der Waals surface area contributed by atoms with Crippen molar-refractivity contribution in [1.82, 2.24) is 0 Å². The number of benzene rings is 2. The minimum absolute atomic E-state index is 0.229. The van der Waals surface area contributed by atoms with Crippen molar-refractivity contribution < 1.29 is 28.5 Å². The van der Waals surface area contributed by atoms with Crippen LogP contribution in [0.15, 0.2) is 42.5 Å². The number of methoxy groups -OCH3 is 2. The Bertz CT molecular complexity index is 904. The van der Waals surface area contributed by atoms with Gasteiger partial charge in [-0.25, -0.2) is 0 Å². The molecule has 0 atom stereocenters. The molecule has 1 aliphatic rings. The Labute approximate surface area is 177 Å². The zero-order valence-electron chi connectivity index (χ0n) is 18.1. The number of carbonyl (C=O) groups is 1. The quantitative estimate of drug-likeness (QED) is 0.393. The van der Waals surface area contributed by atoms with Crippen molar-refractivity contribution >= 4 is 18.1 Å². The van der Waals surface area contributed by atoms with Gasteiger partial charge in [-0.15, -0.1) is 0 Å². The molecule has 30 heavy (non-hydrogen) atoms. The summed E-state index contributed by atoms with van der Waals surface area (Å²) in [5.74, 6) is 0.693. The van der Waals surface area contributed by atoms with Crippen molar-refractivity contribution in [2.45, 2.75) is 26.6 Å². The van der Waals surface area contributed by atoms with E-state index in [1.54, 1.807) is 33.3 Å². The molecular weight excluding hydrogens is 384 g/mol. The highest BCUT2D eigenvalue weighted by Gasteiger charge is 2.43. The Morgan fingerprint density at radius 2 is 1.40 bits per heavy atom. The van der Waals surface area contributed by atoms with E-state index in [0.717, 1.165) is 16.9 Å². The van der Waals surface area contributed by atoms with Gasteiger partial charge in [-0.3, -0.25) is 4.79 Å². The second kappa shape index (κ2) is 8.90. The predicted octanol–water partition coefficient (Wildman–Crippen LogP) is 4.57. The lowest BCUT2D eigenvalue weighted by atomic mass is 9.92. The van der Waals surface area contributed by atoms with Gasteiger partial charge in [0.15, 0.2) is 5.79 Å². The van der Waals surface area contributed by atoms with Gasteiger partial charge in [0, 0.05) is 6.07 Å². The van der Waals surface area contributed by atoms with Gasteiger partial charge in [0.2, 0.25) is 0 Å². The van der Waals surface area contributed by atoms with E-state index in [2.05, 4.69) is 0 Å². The maximum Gasteiger partial charge on any atom is 0.321 e. The molecule has 160 valence electrons. The molecule has 0 bridgehead atoms. The van der Waals surface area contributed by atoms with Gasteiger partial charge >= 0.3 is 5.97 Å². The van der Waals surface area contributed by atoms with Gasteiger partial charge in [0.1, 0.15) is 22.7 Å². The summed E-state index contributed by atoms with van der Waals surface area (Å²) in [6, 6.07) is 13.1. The number of esters is 1. The topological polar surface area (TPSA) is 63.2 Å². The van der Waals surface area contributed by atoms with E-state index < -0.39 is 17.2 Å². The van der Waals surface area contributed by atoms with Crippen LogP contribution in [0, 0.1) is 5.41 Å². The Balaban J connectivity index is 1.75. The van der Waals surface area contributed by atoms with Crippen molar-refractivity contribution in [2.24, 2.45) is 5.41 Å². The summed E-state index contributed by atoms with van der Waals surface area (Å²) in [7, 11) is 3.21. The molecule has 1 aliphatic heterocycles. The summed E-state index contributed by atoms with van der Waals surface area (Å²) >= 11 is 0. The Hall–Kier alpha value is -2.83. The van der Waals surface area contributed by atoms with Crippen LogP contribution in [0.4, 0.5) is 0 Å². The maximum absolute atomic E-state index is 12.8. The van der Waals surface area contributed by atoms with Crippen LogP contribution in [0.2, 0.25) is 0 Å². The van der Waals surface area contributed by atoms with Crippen molar-refractivity contribution in [3.05, 3.63) is 53.6 Å². The lowest BCUT2D eigenvalue weighted by Gasteiger charge is -2.39. The second-order valence-electron chi connectivity index (χ2n) is 7.98. The molecule has 0 aromatic heterocycles. The second-order valence-corrected chi connectivity index (χ2v) is 7.98. The molecule has 6 heteroatoms. The van der Waals surface area contributed by atoms with Gasteiger partial charge in [-0.1, -0.05) is 24.3 Å². The third kappa shape index (κ3) is 5.40. The molecule has 2 aromatic carbocycles. The number of rotatable bonds is 6. The SMILES string of the molecule is COc1ccc(C=Cc2cc(OC)cc(OC(=O)C3(C)COC(C)(C)OC3)c2)cc1. The first kappa shape index (κ1) is 21.9. The summed E-state index contributed by atoms with van der Waals surface area (Å²) in [5.41, 5.74) is 0.983. The molecule has 0 spiro atoms. The number of hydrogen-bond acceptors (Lipinski definition) is 6. The van der Waals surface area contributed by atoms with Gasteiger partial charge in [-0.05, 0) is 56.2 Å². The van der Waals surface area contributed by atoms with Crippen molar-refractivity contribution in [1.29, 1.82) is 0 Å². The molecule has 3 rings (SSSR count).